The number of aliphatic carboxylic acids is 1. The van der Waals surface area contributed by atoms with E-state index in [1.807, 2.05) is 0 Å². The molecule has 3 aromatic heterocycles. The predicted octanol–water partition coefficient (Wildman–Crippen LogP) is 20.0. The highest BCUT2D eigenvalue weighted by Gasteiger charge is 2.42. The lowest BCUT2D eigenvalue weighted by Gasteiger charge is -2.36. The Balaban J connectivity index is 0.000000178. The number of alkyl halides is 9. The number of carboxylic acids is 1. The minimum Gasteiger partial charge on any atom is -0.497 e. The van der Waals surface area contributed by atoms with Gasteiger partial charge in [0, 0.05) is 114 Å². The molecule has 752 valence electrons. The van der Waals surface area contributed by atoms with Gasteiger partial charge in [-0.1, -0.05) is 59.7 Å². The molecule has 0 bridgehead atoms. The summed E-state index contributed by atoms with van der Waals surface area (Å²) in [7, 11) is 0.393. The van der Waals surface area contributed by atoms with Crippen LogP contribution < -0.4 is 68.4 Å². The maximum Gasteiger partial charge on any atom is 0.573 e. The molecule has 0 radical (unpaired) electrons. The Labute approximate surface area is 806 Å². The number of benzene rings is 9. The zero-order valence-corrected chi connectivity index (χ0v) is 81.0. The SMILES string of the molecule is COc1cc(NC(C(=O)N2CCc3ccc(OC(F)(F)F)cc32)c2ccc(F)cc2OCCO)cc(-n2cncn2)c1.COc1cc(NC(C(=O)N2CCc3ccc(OC(F)(F)F)cc32)c2ccc(F)cc2OCCO[Si](C)(C)C(C)(C)C)cc(-n2cncn2)c1.COc1cc(NC(C(=O)O)c2ccc(F)cc2OCCO[Si](C)(C)C(C)(C)C)cc(-n2cncn2)c1.FC(F)(F)Oc1ccc2c(c1)CCC2. The standard InChI is InChI=1S/C34H39F4N5O5Si.C28H25F4N5O5.C25H33FN4O5Si.C10H9F3O/c1-33(2,3)49(5,6)47-14-13-46-30-15-23(35)8-10-28(30)31(41-24-16-25(18-27(17-24)45-4)43-21-39-20-40-43)32(44)42-12-11-22-7-9-26(19-29(22)42)48-34(36,37)38;1-40-22-12-19(11-20(13-22)37-16-33-15-34-37)35-26(23-5-3-18(29)10-25(23)41-9-8-38)27(39)36-7-6-17-2-4-21(14-24(17)36)42-28(30,31)32;1-25(2,3)36(5,6)35-10-9-34-22-11-17(26)7-8-21(22)23(24(31)32)29-18-12-19(14-20(13-18)33-4)30-16-27-15-28-30;11-10(12,13)14-9-5-4-7-2-1-3-8(7)6-9/h7-10,15-21,31,41H,11-14H2,1-6H3;2-5,10-16,26,35,38H,6-9H2,1H3;7-8,11-16,23,29H,9-10H2,1-6H3,(H,31,32);4-6H,1-3H2. The van der Waals surface area contributed by atoms with Crippen molar-refractivity contribution in [2.45, 2.75) is 147 Å². The monoisotopic (exact) mass is 2010 g/mol. The summed E-state index contributed by atoms with van der Waals surface area (Å²) in [6.07, 6.45) is -2.16. The fraction of sp³-hybridized carbons (Fsp3) is 0.351. The number of fused-ring (bicyclic) bond motifs is 3. The second-order valence-electron chi connectivity index (χ2n) is 35.4. The van der Waals surface area contributed by atoms with Gasteiger partial charge >= 0.3 is 25.1 Å². The molecule has 15 rings (SSSR count). The number of aliphatic hydroxyl groups is 1. The molecule has 2 aliphatic heterocycles. The molecule has 12 aromatic rings. The minimum atomic E-state index is -4.91. The van der Waals surface area contributed by atoms with Crippen molar-refractivity contribution in [2.75, 3.05) is 99.8 Å². The van der Waals surface area contributed by atoms with E-state index < -0.39 is 101 Å². The van der Waals surface area contributed by atoms with E-state index in [9.17, 15) is 77.3 Å². The molecule has 0 fully saturated rings. The van der Waals surface area contributed by atoms with Gasteiger partial charge in [0.25, 0.3) is 11.8 Å². The van der Waals surface area contributed by atoms with Crippen LogP contribution >= 0.6 is 0 Å². The molecule has 30 nitrogen and oxygen atoms in total. The molecule has 0 saturated heterocycles. The Morgan fingerprint density at radius 2 is 0.730 bits per heavy atom. The third-order valence-corrected chi connectivity index (χ3v) is 32.8. The third kappa shape index (κ3) is 28.6. The van der Waals surface area contributed by atoms with Crippen LogP contribution in [0.1, 0.15) is 105 Å². The number of methoxy groups -OCH3 is 3. The molecular weight excluding hydrogens is 1900 g/mol. The third-order valence-electron chi connectivity index (χ3n) is 23.7. The van der Waals surface area contributed by atoms with Crippen LogP contribution in [-0.2, 0) is 48.9 Å². The Morgan fingerprint density at radius 3 is 1.06 bits per heavy atom. The largest absolute Gasteiger partial charge is 0.573 e. The number of nitrogens with one attached hydrogen (secondary N) is 3. The van der Waals surface area contributed by atoms with Gasteiger partial charge in [-0.2, -0.15) is 15.3 Å². The van der Waals surface area contributed by atoms with E-state index in [4.69, 9.17) is 37.3 Å². The average molecular weight is 2010 g/mol. The molecule has 141 heavy (non-hydrogen) atoms. The quantitative estimate of drug-likeness (QED) is 0.0142. The zero-order valence-electron chi connectivity index (χ0n) is 79.0. The molecule has 5 heterocycles. The number of carboxylic acid groups (broad SMARTS) is 1. The van der Waals surface area contributed by atoms with Crippen LogP contribution in [0.15, 0.2) is 202 Å². The number of carbonyl (C=O) groups excluding carboxylic acids is 2. The number of aromatic nitrogens is 9. The van der Waals surface area contributed by atoms with Crippen molar-refractivity contribution < 1.29 is 129 Å². The average Bonchev–Trinajstić information content (AvgIpc) is 1.67. The van der Waals surface area contributed by atoms with Gasteiger partial charge in [0.2, 0.25) is 0 Å². The predicted molar refractivity (Wildman–Crippen MR) is 503 cm³/mol. The van der Waals surface area contributed by atoms with Gasteiger partial charge in [-0.3, -0.25) is 9.59 Å². The fourth-order valence-corrected chi connectivity index (χ4v) is 16.9. The van der Waals surface area contributed by atoms with Gasteiger partial charge in [0.05, 0.1) is 69.6 Å². The molecule has 2 amide bonds. The van der Waals surface area contributed by atoms with Crippen LogP contribution in [0.3, 0.4) is 0 Å². The Morgan fingerprint density at radius 1 is 0.397 bits per heavy atom. The van der Waals surface area contributed by atoms with Gasteiger partial charge in [-0.15, -0.1) is 39.5 Å². The minimum absolute atomic E-state index is 0.00266. The van der Waals surface area contributed by atoms with Crippen LogP contribution in [-0.4, -0.2) is 182 Å². The van der Waals surface area contributed by atoms with Gasteiger partial charge in [0.15, 0.2) is 22.7 Å². The van der Waals surface area contributed by atoms with Crippen LogP contribution in [0.25, 0.3) is 17.1 Å². The second-order valence-corrected chi connectivity index (χ2v) is 45.0. The lowest BCUT2D eigenvalue weighted by Crippen LogP contribution is -2.41. The molecule has 9 aromatic carbocycles. The number of amides is 2. The van der Waals surface area contributed by atoms with Crippen molar-refractivity contribution in [3.8, 4) is 68.8 Å². The molecule has 5 N–H and O–H groups in total. The number of carbonyl (C=O) groups is 3. The zero-order chi connectivity index (χ0) is 102. The molecule has 0 spiro atoms. The van der Waals surface area contributed by atoms with E-state index in [0.29, 0.717) is 87.5 Å². The van der Waals surface area contributed by atoms with Gasteiger partial charge in [-0.05, 0) is 169 Å². The smallest absolute Gasteiger partial charge is 0.497 e. The topological polar surface area (TPSA) is 328 Å². The Bertz CT molecular complexity index is 6270. The molecule has 3 atom stereocenters. The summed E-state index contributed by atoms with van der Waals surface area (Å²) in [4.78, 5) is 55.7. The summed E-state index contributed by atoms with van der Waals surface area (Å²) in [6, 6.07) is 35.2. The van der Waals surface area contributed by atoms with E-state index in [2.05, 4.69) is 128 Å². The normalized spacial score (nSPS) is 13.6. The summed E-state index contributed by atoms with van der Waals surface area (Å²) in [5.41, 5.74) is 7.85. The molecule has 44 heteroatoms. The van der Waals surface area contributed by atoms with Crippen molar-refractivity contribution in [2.24, 2.45) is 0 Å². The number of nitrogens with zero attached hydrogens (tertiary/aromatic N) is 11. The van der Waals surface area contributed by atoms with Crippen molar-refractivity contribution >= 4 is 62.9 Å². The first-order valence-electron chi connectivity index (χ1n) is 44.2. The van der Waals surface area contributed by atoms with E-state index in [1.54, 1.807) is 60.7 Å². The van der Waals surface area contributed by atoms with Crippen molar-refractivity contribution in [1.82, 2.24) is 44.3 Å². The highest BCUT2D eigenvalue weighted by Crippen LogP contribution is 2.45. The van der Waals surface area contributed by atoms with Crippen LogP contribution in [0, 0.1) is 17.5 Å². The van der Waals surface area contributed by atoms with Gasteiger partial charge in [-0.25, -0.2) is 47.0 Å². The van der Waals surface area contributed by atoms with Crippen molar-refractivity contribution in [1.29, 1.82) is 0 Å². The number of hydrogen-bond donors (Lipinski definition) is 5. The van der Waals surface area contributed by atoms with E-state index in [-0.39, 0.29) is 102 Å². The van der Waals surface area contributed by atoms with Crippen molar-refractivity contribution in [3.63, 3.8) is 0 Å². The first kappa shape index (κ1) is 106. The number of hydrogen-bond acceptors (Lipinski definition) is 24. The highest BCUT2D eigenvalue weighted by molar-refractivity contribution is 6.74. The van der Waals surface area contributed by atoms with Crippen LogP contribution in [0.5, 0.6) is 51.7 Å². The lowest BCUT2D eigenvalue weighted by molar-refractivity contribution is -0.275. The van der Waals surface area contributed by atoms with E-state index in [1.165, 1.54) is 168 Å². The lowest BCUT2D eigenvalue weighted by atomic mass is 10.0. The first-order valence-corrected chi connectivity index (χ1v) is 50.0. The maximum absolute atomic E-state index is 14.7. The number of aliphatic hydroxyl groups excluding tert-OH is 1. The number of ether oxygens (including phenoxy) is 9. The molecular formula is C97H106F12N14O16Si2. The van der Waals surface area contributed by atoms with Crippen LogP contribution in [0.2, 0.25) is 36.3 Å². The highest BCUT2D eigenvalue weighted by atomic mass is 28.4. The first-order chi connectivity index (χ1) is 66.6. The molecule has 3 aliphatic rings. The molecule has 3 unspecified atom stereocenters. The summed E-state index contributed by atoms with van der Waals surface area (Å²) >= 11 is 0. The summed E-state index contributed by atoms with van der Waals surface area (Å²) in [5, 5.41) is 41.2. The Kier molecular flexibility index (Phi) is 34.1. The summed E-state index contributed by atoms with van der Waals surface area (Å²) in [5.74, 6) is -3.39. The summed E-state index contributed by atoms with van der Waals surface area (Å²) < 4.78 is 219. The van der Waals surface area contributed by atoms with Crippen LogP contribution in [0.4, 0.5) is 81.1 Å². The maximum atomic E-state index is 14.7. The number of anilines is 5. The Hall–Kier alpha value is -14.1. The van der Waals surface area contributed by atoms with E-state index in [0.717, 1.165) is 48.6 Å². The summed E-state index contributed by atoms with van der Waals surface area (Å²) in [6.45, 7) is 21.9. The molecule has 0 saturated carbocycles. The fourth-order valence-electron chi connectivity index (χ4n) is 14.8. The molecule has 1 aliphatic carbocycles. The number of halogens is 12. The van der Waals surface area contributed by atoms with Crippen molar-refractivity contribution in [3.05, 3.63) is 258 Å². The van der Waals surface area contributed by atoms with Gasteiger partial charge < -0.3 is 87.4 Å². The number of aryl methyl sites for hydroxylation is 2. The van der Waals surface area contributed by atoms with E-state index >= 15 is 0 Å². The second kappa shape index (κ2) is 45.4. The van der Waals surface area contributed by atoms with Gasteiger partial charge in [0.1, 0.15) is 139 Å². The number of rotatable bonds is 34.